The summed E-state index contributed by atoms with van der Waals surface area (Å²) in [5, 5.41) is 11.4. The van der Waals surface area contributed by atoms with Crippen LogP contribution in [0.25, 0.3) is 0 Å². The Kier molecular flexibility index (Phi) is 5.44. The minimum Gasteiger partial charge on any atom is -0.479 e. The molecule has 2 atom stereocenters. The van der Waals surface area contributed by atoms with Crippen molar-refractivity contribution in [1.82, 2.24) is 5.32 Å². The Morgan fingerprint density at radius 3 is 2.19 bits per heavy atom. The molecule has 0 saturated heterocycles. The Labute approximate surface area is 96.2 Å². The highest BCUT2D eigenvalue weighted by Gasteiger charge is 2.25. The Morgan fingerprint density at radius 2 is 1.81 bits per heavy atom. The van der Waals surface area contributed by atoms with Gasteiger partial charge in [-0.2, -0.15) is 0 Å². The number of aliphatic carboxylic acids is 1. The van der Waals surface area contributed by atoms with Crippen LogP contribution in [-0.2, 0) is 14.3 Å². The number of amides is 1. The highest BCUT2D eigenvalue weighted by atomic mass is 16.5. The van der Waals surface area contributed by atoms with E-state index in [4.69, 9.17) is 9.84 Å². The first-order valence-electron chi connectivity index (χ1n) is 5.40. The van der Waals surface area contributed by atoms with Crippen molar-refractivity contribution in [2.45, 2.75) is 58.8 Å². The topological polar surface area (TPSA) is 75.6 Å². The molecule has 2 unspecified atom stereocenters. The van der Waals surface area contributed by atoms with E-state index in [-0.39, 0.29) is 11.4 Å². The van der Waals surface area contributed by atoms with Gasteiger partial charge in [-0.3, -0.25) is 4.79 Å². The standard InChI is InChI=1S/C11H21NO4/c1-6-11(4,5)12-9(13)7(2)16-8(3)10(14)15/h7-8H,6H2,1-5H3,(H,12,13)(H,14,15). The number of hydrogen-bond donors (Lipinski definition) is 2. The maximum Gasteiger partial charge on any atom is 0.332 e. The Bertz CT molecular complexity index is 263. The molecule has 5 nitrogen and oxygen atoms in total. The summed E-state index contributed by atoms with van der Waals surface area (Å²) in [6, 6.07) is 0. The summed E-state index contributed by atoms with van der Waals surface area (Å²) in [6.45, 7) is 8.71. The summed E-state index contributed by atoms with van der Waals surface area (Å²) in [4.78, 5) is 22.2. The molecular weight excluding hydrogens is 210 g/mol. The number of hydrogen-bond acceptors (Lipinski definition) is 3. The van der Waals surface area contributed by atoms with Gasteiger partial charge in [-0.25, -0.2) is 4.79 Å². The second kappa shape index (κ2) is 5.84. The van der Waals surface area contributed by atoms with E-state index in [1.165, 1.54) is 6.92 Å². The van der Waals surface area contributed by atoms with Gasteiger partial charge in [0.1, 0.15) is 6.10 Å². The van der Waals surface area contributed by atoms with Crippen LogP contribution < -0.4 is 5.32 Å². The van der Waals surface area contributed by atoms with Crippen LogP contribution in [0.5, 0.6) is 0 Å². The Morgan fingerprint density at radius 1 is 1.31 bits per heavy atom. The van der Waals surface area contributed by atoms with Crippen LogP contribution in [0.2, 0.25) is 0 Å². The van der Waals surface area contributed by atoms with Crippen molar-refractivity contribution in [3.8, 4) is 0 Å². The average Bonchev–Trinajstić information content (AvgIpc) is 2.16. The van der Waals surface area contributed by atoms with Gasteiger partial charge in [-0.1, -0.05) is 6.92 Å². The van der Waals surface area contributed by atoms with E-state index >= 15 is 0 Å². The molecular formula is C11H21NO4. The SMILES string of the molecule is CCC(C)(C)NC(=O)C(C)OC(C)C(=O)O. The molecule has 0 rings (SSSR count). The van der Waals surface area contributed by atoms with Gasteiger partial charge < -0.3 is 15.2 Å². The molecule has 0 spiro atoms. The first-order valence-corrected chi connectivity index (χ1v) is 5.40. The van der Waals surface area contributed by atoms with Gasteiger partial charge in [-0.05, 0) is 34.1 Å². The molecule has 94 valence electrons. The van der Waals surface area contributed by atoms with E-state index in [2.05, 4.69) is 5.32 Å². The third-order valence-electron chi connectivity index (χ3n) is 2.47. The van der Waals surface area contributed by atoms with Crippen LogP contribution in [-0.4, -0.2) is 34.7 Å². The largest absolute Gasteiger partial charge is 0.479 e. The summed E-state index contributed by atoms with van der Waals surface area (Å²) in [7, 11) is 0. The monoisotopic (exact) mass is 231 g/mol. The molecule has 0 aliphatic carbocycles. The van der Waals surface area contributed by atoms with E-state index in [1.807, 2.05) is 20.8 Å². The van der Waals surface area contributed by atoms with Crippen molar-refractivity contribution < 1.29 is 19.4 Å². The van der Waals surface area contributed by atoms with Crippen LogP contribution in [0.15, 0.2) is 0 Å². The second-order valence-corrected chi connectivity index (χ2v) is 4.49. The van der Waals surface area contributed by atoms with E-state index in [1.54, 1.807) is 6.92 Å². The maximum atomic E-state index is 11.6. The zero-order chi connectivity index (χ0) is 12.9. The van der Waals surface area contributed by atoms with Gasteiger partial charge in [0.15, 0.2) is 6.10 Å². The number of carbonyl (C=O) groups excluding carboxylic acids is 1. The minimum atomic E-state index is -1.07. The van der Waals surface area contributed by atoms with E-state index < -0.39 is 18.2 Å². The molecule has 0 fully saturated rings. The minimum absolute atomic E-state index is 0.292. The molecule has 0 radical (unpaired) electrons. The van der Waals surface area contributed by atoms with Crippen molar-refractivity contribution in [2.24, 2.45) is 0 Å². The van der Waals surface area contributed by atoms with Crippen molar-refractivity contribution in [2.75, 3.05) is 0 Å². The number of carbonyl (C=O) groups is 2. The lowest BCUT2D eigenvalue weighted by molar-refractivity contribution is -0.156. The molecule has 16 heavy (non-hydrogen) atoms. The normalized spacial score (nSPS) is 15.3. The molecule has 0 heterocycles. The molecule has 0 aliphatic heterocycles. The maximum absolute atomic E-state index is 11.6. The fourth-order valence-electron chi connectivity index (χ4n) is 0.950. The second-order valence-electron chi connectivity index (χ2n) is 4.49. The molecule has 0 bridgehead atoms. The van der Waals surface area contributed by atoms with Crippen molar-refractivity contribution in [1.29, 1.82) is 0 Å². The van der Waals surface area contributed by atoms with Gasteiger partial charge in [0.2, 0.25) is 5.91 Å². The van der Waals surface area contributed by atoms with E-state index in [9.17, 15) is 9.59 Å². The predicted molar refractivity (Wildman–Crippen MR) is 60.2 cm³/mol. The van der Waals surface area contributed by atoms with Crippen LogP contribution in [0, 0.1) is 0 Å². The van der Waals surface area contributed by atoms with Gasteiger partial charge in [0.05, 0.1) is 0 Å². The summed E-state index contributed by atoms with van der Waals surface area (Å²) in [5.41, 5.74) is -0.304. The summed E-state index contributed by atoms with van der Waals surface area (Å²) >= 11 is 0. The Hall–Kier alpha value is -1.10. The van der Waals surface area contributed by atoms with Crippen molar-refractivity contribution in [3.05, 3.63) is 0 Å². The molecule has 0 aromatic carbocycles. The van der Waals surface area contributed by atoms with Gasteiger partial charge in [0.25, 0.3) is 0 Å². The third-order valence-corrected chi connectivity index (χ3v) is 2.47. The molecule has 5 heteroatoms. The summed E-state index contributed by atoms with van der Waals surface area (Å²) in [6.07, 6.45) is -0.956. The number of carboxylic acid groups (broad SMARTS) is 1. The van der Waals surface area contributed by atoms with Crippen LogP contribution in [0.4, 0.5) is 0 Å². The number of carboxylic acids is 1. The van der Waals surface area contributed by atoms with Crippen LogP contribution in [0.3, 0.4) is 0 Å². The van der Waals surface area contributed by atoms with Crippen LogP contribution >= 0.6 is 0 Å². The highest BCUT2D eigenvalue weighted by Crippen LogP contribution is 2.08. The highest BCUT2D eigenvalue weighted by molar-refractivity contribution is 5.81. The smallest absolute Gasteiger partial charge is 0.332 e. The van der Waals surface area contributed by atoms with Crippen LogP contribution in [0.1, 0.15) is 41.0 Å². The predicted octanol–water partition coefficient (Wildman–Crippen LogP) is 1.17. The van der Waals surface area contributed by atoms with Crippen molar-refractivity contribution >= 4 is 11.9 Å². The van der Waals surface area contributed by atoms with Gasteiger partial charge in [0, 0.05) is 5.54 Å². The molecule has 0 saturated carbocycles. The fraction of sp³-hybridized carbons (Fsp3) is 0.818. The molecule has 1 amide bonds. The molecule has 0 aromatic heterocycles. The lowest BCUT2D eigenvalue weighted by atomic mass is 10.0. The number of ether oxygens (including phenoxy) is 1. The average molecular weight is 231 g/mol. The van der Waals surface area contributed by atoms with Gasteiger partial charge >= 0.3 is 5.97 Å². The molecule has 0 aliphatic rings. The third kappa shape index (κ3) is 5.11. The quantitative estimate of drug-likeness (QED) is 0.719. The first kappa shape index (κ1) is 14.9. The van der Waals surface area contributed by atoms with Gasteiger partial charge in [-0.15, -0.1) is 0 Å². The first-order chi connectivity index (χ1) is 7.19. The van der Waals surface area contributed by atoms with Crippen molar-refractivity contribution in [3.63, 3.8) is 0 Å². The lowest BCUT2D eigenvalue weighted by Crippen LogP contribution is -2.48. The summed E-state index contributed by atoms with van der Waals surface area (Å²) in [5.74, 6) is -1.37. The Balaban J connectivity index is 4.25. The summed E-state index contributed by atoms with van der Waals surface area (Å²) < 4.78 is 5.05. The molecule has 2 N–H and O–H groups in total. The zero-order valence-corrected chi connectivity index (χ0v) is 10.5. The fourth-order valence-corrected chi connectivity index (χ4v) is 0.950. The molecule has 0 aromatic rings. The number of rotatable bonds is 6. The number of nitrogens with one attached hydrogen (secondary N) is 1. The van der Waals surface area contributed by atoms with E-state index in [0.29, 0.717) is 0 Å². The van der Waals surface area contributed by atoms with E-state index in [0.717, 1.165) is 6.42 Å². The zero-order valence-electron chi connectivity index (χ0n) is 10.5. The lowest BCUT2D eigenvalue weighted by Gasteiger charge is -2.27.